The summed E-state index contributed by atoms with van der Waals surface area (Å²) >= 11 is 0. The van der Waals surface area contributed by atoms with Gasteiger partial charge in [-0.2, -0.15) is 0 Å². The zero-order chi connectivity index (χ0) is 27.6. The van der Waals surface area contributed by atoms with E-state index in [1.807, 2.05) is 0 Å². The molecule has 0 N–H and O–H groups in total. The van der Waals surface area contributed by atoms with E-state index in [-0.39, 0.29) is 0 Å². The molecule has 8 aromatic rings. The van der Waals surface area contributed by atoms with Crippen LogP contribution in [0.15, 0.2) is 158 Å². The SMILES string of the molecule is c1ccc(N(c2ccccc2)c2cccc(-n3c4cccc5c4c4c(cccc43)-c3cccc4cccc-5c34)c2)cc1. The second-order valence-electron chi connectivity index (χ2n) is 11.0. The van der Waals surface area contributed by atoms with Crippen LogP contribution in [-0.2, 0) is 0 Å². The third kappa shape index (κ3) is 3.27. The van der Waals surface area contributed by atoms with Gasteiger partial charge in [0.1, 0.15) is 0 Å². The molecule has 42 heavy (non-hydrogen) atoms. The number of hydrogen-bond acceptors (Lipinski definition) is 1. The highest BCUT2D eigenvalue weighted by atomic mass is 15.1. The van der Waals surface area contributed by atoms with Crippen LogP contribution in [0.1, 0.15) is 0 Å². The van der Waals surface area contributed by atoms with Crippen LogP contribution in [0, 0.1) is 0 Å². The molecule has 0 aliphatic heterocycles. The first-order chi connectivity index (χ1) is 20.9. The van der Waals surface area contributed by atoms with Gasteiger partial charge >= 0.3 is 0 Å². The van der Waals surface area contributed by atoms with Crippen LogP contribution >= 0.6 is 0 Å². The molecule has 7 aromatic carbocycles. The van der Waals surface area contributed by atoms with Crippen LogP contribution in [0.25, 0.3) is 60.5 Å². The van der Waals surface area contributed by atoms with E-state index in [0.29, 0.717) is 0 Å². The normalized spacial score (nSPS) is 11.8. The fraction of sp³-hybridized carbons (Fsp3) is 0. The van der Waals surface area contributed by atoms with Gasteiger partial charge in [0, 0.05) is 33.5 Å². The van der Waals surface area contributed by atoms with Gasteiger partial charge in [0.25, 0.3) is 0 Å². The Bertz CT molecular complexity index is 2160. The minimum atomic E-state index is 1.12. The summed E-state index contributed by atoms with van der Waals surface area (Å²) in [6, 6.07) is 57.1. The molecule has 0 atom stereocenters. The van der Waals surface area contributed by atoms with Gasteiger partial charge in [-0.15, -0.1) is 0 Å². The summed E-state index contributed by atoms with van der Waals surface area (Å²) in [7, 11) is 0. The molecule has 0 spiro atoms. The highest BCUT2D eigenvalue weighted by Crippen LogP contribution is 2.49. The summed E-state index contributed by atoms with van der Waals surface area (Å²) in [5, 5.41) is 5.26. The van der Waals surface area contributed by atoms with E-state index in [4.69, 9.17) is 0 Å². The highest BCUT2D eigenvalue weighted by molar-refractivity contribution is 6.27. The Balaban J connectivity index is 1.34. The number of nitrogens with zero attached hydrogens (tertiary/aromatic N) is 2. The van der Waals surface area contributed by atoms with Crippen LogP contribution < -0.4 is 4.90 Å². The monoisotopic (exact) mass is 534 g/mol. The molecule has 0 bridgehead atoms. The Kier molecular flexibility index (Phi) is 4.93. The number of benzene rings is 7. The van der Waals surface area contributed by atoms with Crippen molar-refractivity contribution in [3.63, 3.8) is 0 Å². The highest BCUT2D eigenvalue weighted by Gasteiger charge is 2.24. The molecule has 0 saturated heterocycles. The smallest absolute Gasteiger partial charge is 0.0547 e. The first-order valence-corrected chi connectivity index (χ1v) is 14.5. The molecule has 0 radical (unpaired) electrons. The maximum atomic E-state index is 2.45. The fourth-order valence-electron chi connectivity index (χ4n) is 7.00. The van der Waals surface area contributed by atoms with Gasteiger partial charge in [-0.05, 0) is 87.6 Å². The Morgan fingerprint density at radius 1 is 0.357 bits per heavy atom. The Hall–Kier alpha value is -5.60. The van der Waals surface area contributed by atoms with Crippen molar-refractivity contribution >= 4 is 49.6 Å². The van der Waals surface area contributed by atoms with Crippen LogP contribution in [-0.4, -0.2) is 4.57 Å². The second kappa shape index (κ2) is 8.95. The van der Waals surface area contributed by atoms with E-state index < -0.39 is 0 Å². The lowest BCUT2D eigenvalue weighted by Crippen LogP contribution is -2.10. The van der Waals surface area contributed by atoms with E-state index in [1.54, 1.807) is 0 Å². The van der Waals surface area contributed by atoms with E-state index >= 15 is 0 Å². The van der Waals surface area contributed by atoms with Crippen molar-refractivity contribution in [2.75, 3.05) is 4.90 Å². The van der Waals surface area contributed by atoms with Gasteiger partial charge < -0.3 is 9.47 Å². The predicted octanol–water partition coefficient (Wildman–Crippen LogP) is 11.1. The van der Waals surface area contributed by atoms with Crippen molar-refractivity contribution in [1.29, 1.82) is 0 Å². The Labute approximate surface area is 244 Å². The summed E-state index contributed by atoms with van der Waals surface area (Å²) < 4.78 is 2.45. The van der Waals surface area contributed by atoms with Crippen LogP contribution in [0.4, 0.5) is 17.1 Å². The summed E-state index contributed by atoms with van der Waals surface area (Å²) in [4.78, 5) is 2.33. The average molecular weight is 535 g/mol. The summed E-state index contributed by atoms with van der Waals surface area (Å²) in [5.74, 6) is 0. The summed E-state index contributed by atoms with van der Waals surface area (Å²) in [5.41, 5.74) is 12.2. The van der Waals surface area contributed by atoms with Gasteiger partial charge in [-0.25, -0.2) is 0 Å². The van der Waals surface area contributed by atoms with Gasteiger partial charge in [0.2, 0.25) is 0 Å². The quantitative estimate of drug-likeness (QED) is 0.218. The van der Waals surface area contributed by atoms with Crippen molar-refractivity contribution < 1.29 is 0 Å². The largest absolute Gasteiger partial charge is 0.310 e. The lowest BCUT2D eigenvalue weighted by atomic mass is 9.93. The third-order valence-electron chi connectivity index (χ3n) is 8.68. The van der Waals surface area contributed by atoms with E-state index in [0.717, 1.165) is 22.7 Å². The number of rotatable bonds is 4. The van der Waals surface area contributed by atoms with E-state index in [2.05, 4.69) is 167 Å². The molecule has 9 rings (SSSR count). The molecule has 0 unspecified atom stereocenters. The first-order valence-electron chi connectivity index (χ1n) is 14.5. The molecule has 2 nitrogen and oxygen atoms in total. The minimum Gasteiger partial charge on any atom is -0.310 e. The van der Waals surface area contributed by atoms with E-state index in [9.17, 15) is 0 Å². The molecular weight excluding hydrogens is 508 g/mol. The van der Waals surface area contributed by atoms with Gasteiger partial charge in [-0.1, -0.05) is 103 Å². The zero-order valence-electron chi connectivity index (χ0n) is 22.9. The summed E-state index contributed by atoms with van der Waals surface area (Å²) in [6.45, 7) is 0. The molecule has 1 aliphatic rings. The van der Waals surface area contributed by atoms with Crippen LogP contribution in [0.2, 0.25) is 0 Å². The Morgan fingerprint density at radius 2 is 0.810 bits per heavy atom. The molecule has 1 aliphatic carbocycles. The lowest BCUT2D eigenvalue weighted by molar-refractivity contribution is 1.17. The van der Waals surface area contributed by atoms with Crippen LogP contribution in [0.3, 0.4) is 0 Å². The van der Waals surface area contributed by atoms with Gasteiger partial charge in [-0.3, -0.25) is 0 Å². The molecular formula is C40H26N2. The summed E-state index contributed by atoms with van der Waals surface area (Å²) in [6.07, 6.45) is 0. The number of hydrogen-bond donors (Lipinski definition) is 0. The fourth-order valence-corrected chi connectivity index (χ4v) is 7.00. The molecule has 196 valence electrons. The standard InChI is InChI=1S/C40H26N2/c1-3-14-28(15-4-1)41(29-16-5-2-6-17-29)30-18-9-19-31(26-30)42-36-24-10-22-34-32-20-7-12-27-13-8-21-33(38(27)32)35-23-11-25-37(42)40(35)39(34)36/h1-26H. The third-order valence-corrected chi connectivity index (χ3v) is 8.68. The number of anilines is 3. The zero-order valence-corrected chi connectivity index (χ0v) is 22.9. The van der Waals surface area contributed by atoms with Crippen molar-refractivity contribution in [1.82, 2.24) is 4.57 Å². The minimum absolute atomic E-state index is 1.12. The molecule has 0 amide bonds. The molecule has 0 saturated carbocycles. The van der Waals surface area contributed by atoms with E-state index in [1.165, 1.54) is 54.8 Å². The predicted molar refractivity (Wildman–Crippen MR) is 177 cm³/mol. The van der Waals surface area contributed by atoms with Crippen molar-refractivity contribution in [2.45, 2.75) is 0 Å². The molecule has 1 heterocycles. The lowest BCUT2D eigenvalue weighted by Gasteiger charge is -2.26. The van der Waals surface area contributed by atoms with Crippen LogP contribution in [0.5, 0.6) is 0 Å². The molecule has 2 heteroatoms. The second-order valence-corrected chi connectivity index (χ2v) is 11.0. The number of aromatic nitrogens is 1. The maximum Gasteiger partial charge on any atom is 0.0547 e. The number of para-hydroxylation sites is 2. The Morgan fingerprint density at radius 3 is 1.36 bits per heavy atom. The molecule has 1 aromatic heterocycles. The van der Waals surface area contributed by atoms with Crippen molar-refractivity contribution in [3.8, 4) is 27.9 Å². The van der Waals surface area contributed by atoms with Gasteiger partial charge in [0.05, 0.1) is 11.0 Å². The molecule has 0 fully saturated rings. The average Bonchev–Trinajstić information content (AvgIpc) is 3.34. The number of fused-ring (bicyclic) bond motifs is 2. The van der Waals surface area contributed by atoms with Gasteiger partial charge in [0.15, 0.2) is 0 Å². The van der Waals surface area contributed by atoms with Crippen molar-refractivity contribution in [2.24, 2.45) is 0 Å². The first kappa shape index (κ1) is 23.1. The topological polar surface area (TPSA) is 8.17 Å². The van der Waals surface area contributed by atoms with Crippen molar-refractivity contribution in [3.05, 3.63) is 158 Å². The maximum absolute atomic E-state index is 2.45.